The van der Waals surface area contributed by atoms with Gasteiger partial charge in [-0.25, -0.2) is 19.2 Å². The molecule has 0 saturated carbocycles. The lowest BCUT2D eigenvalue weighted by Crippen LogP contribution is -2.34. The zero-order chi connectivity index (χ0) is 72.1. The Kier molecular flexibility index (Phi) is 23.8. The van der Waals surface area contributed by atoms with Gasteiger partial charge in [-0.3, -0.25) is 18.7 Å². The van der Waals surface area contributed by atoms with Crippen molar-refractivity contribution in [2.24, 2.45) is 0 Å². The lowest BCUT2D eigenvalue weighted by atomic mass is 9.88. The number of aryl methyl sites for hydroxylation is 4. The van der Waals surface area contributed by atoms with E-state index in [1.807, 2.05) is 83.1 Å². The molecule has 4 heterocycles. The molecule has 0 unspecified atom stereocenters. The molecule has 9 rings (SSSR count). The molecule has 4 aromatic carbocycles. The SMILES string of the molecule is Cc1cc2c(OCc3cn(CCNC(=O)OC(C)(C)C)nn3)c(c1)Cc1cc(C)cc(c1OCc1cn(CCNC(=O)OC(C)(C)C)nn1)Cc1cc(C)cc(c1OCc1cn(CCNC(=O)OC(C)(C)C)nn1)Cc1cc(C)cc(c1OCc1cn(CCNC(=O)OC(C)(C)C)nn1)C2. The molecule has 4 aromatic heterocycles. The van der Waals surface area contributed by atoms with Gasteiger partial charge < -0.3 is 59.2 Å². The number of rotatable bonds is 24. The predicted molar refractivity (Wildman–Crippen MR) is 370 cm³/mol. The zero-order valence-electron chi connectivity index (χ0n) is 60.5. The van der Waals surface area contributed by atoms with Gasteiger partial charge in [0.1, 0.15) is 94.6 Å². The normalized spacial score (nSPS) is 12.5. The highest BCUT2D eigenvalue weighted by atomic mass is 16.6. The number of hydrogen-bond donors (Lipinski definition) is 4. The van der Waals surface area contributed by atoms with Crippen molar-refractivity contribution in [1.82, 2.24) is 81.2 Å². The summed E-state index contributed by atoms with van der Waals surface area (Å²) >= 11 is 0. The molecule has 4 amide bonds. The van der Waals surface area contributed by atoms with E-state index in [0.29, 0.717) is 97.6 Å². The third-order valence-corrected chi connectivity index (χ3v) is 14.9. The summed E-state index contributed by atoms with van der Waals surface area (Å²) in [4.78, 5) is 50.0. The fraction of sp³-hybridized carbons (Fsp3) is 0.500. The molecule has 536 valence electrons. The van der Waals surface area contributed by atoms with E-state index < -0.39 is 46.8 Å². The summed E-state index contributed by atoms with van der Waals surface area (Å²) in [5.41, 5.74) is 10.7. The molecule has 0 atom stereocenters. The van der Waals surface area contributed by atoms with Gasteiger partial charge in [0, 0.05) is 51.9 Å². The minimum absolute atomic E-state index is 0.0533. The van der Waals surface area contributed by atoms with Crippen molar-refractivity contribution in [2.75, 3.05) is 26.2 Å². The number of hydrogen-bond acceptors (Lipinski definition) is 20. The minimum atomic E-state index is -0.649. The van der Waals surface area contributed by atoms with E-state index in [4.69, 9.17) is 37.9 Å². The molecule has 28 heteroatoms. The quantitative estimate of drug-likeness (QED) is 0.0409. The Bertz CT molecular complexity index is 3540. The molecule has 1 aliphatic carbocycles. The third-order valence-electron chi connectivity index (χ3n) is 14.9. The second-order valence-electron chi connectivity index (χ2n) is 29.1. The van der Waals surface area contributed by atoms with E-state index in [0.717, 1.165) is 66.8 Å². The van der Waals surface area contributed by atoms with Crippen LogP contribution in [0.5, 0.6) is 23.0 Å². The monoisotopic (exact) mass is 1380 g/mol. The highest BCUT2D eigenvalue weighted by Gasteiger charge is 2.27. The van der Waals surface area contributed by atoms with Crippen molar-refractivity contribution in [1.29, 1.82) is 0 Å². The second-order valence-corrected chi connectivity index (χ2v) is 29.1. The Morgan fingerprint density at radius 3 is 0.680 bits per heavy atom. The summed E-state index contributed by atoms with van der Waals surface area (Å²) < 4.78 is 56.7. The van der Waals surface area contributed by atoms with Crippen LogP contribution in [-0.4, -0.2) is 133 Å². The molecule has 0 aliphatic heterocycles. The standard InChI is InChI=1S/C72H96N16O12/c1-45-25-49-33-51-27-46(2)29-53(62(51)94-42-58-38-86(82-78-58)22-18-74-66(90)98-70(8,9)10)35-55-31-48(4)32-56(64(55)96-44-60-40-88(84-80-60)24-20-76-68(92)100-72(14,15)16)36-54-30-47(3)28-52(63(54)95-43-59-39-87(83-79-59)23-19-75-67(91)99-71(11,12)13)34-50(26-45)61(49)93-41-57-37-85(81-77-57)21-17-73-65(89)97-69(5,6)7/h25-32,37-40H,17-24,33-36,41-44H2,1-16H3,(H,73,89)(H,74,90)(H,75,91)(H,76,92). The van der Waals surface area contributed by atoms with E-state index >= 15 is 0 Å². The van der Waals surface area contributed by atoms with E-state index in [9.17, 15) is 19.2 Å². The summed E-state index contributed by atoms with van der Waals surface area (Å²) in [6, 6.07) is 17.1. The van der Waals surface area contributed by atoms with Crippen LogP contribution in [0.2, 0.25) is 0 Å². The minimum Gasteiger partial charge on any atom is -0.487 e. The number of carbonyl (C=O) groups excluding carboxylic acids is 4. The summed E-state index contributed by atoms with van der Waals surface area (Å²) in [5.74, 6) is 2.56. The highest BCUT2D eigenvalue weighted by molar-refractivity contribution is 5.69. The summed E-state index contributed by atoms with van der Waals surface area (Å²) in [6.45, 7) is 32.6. The molecule has 0 fully saturated rings. The molecule has 28 nitrogen and oxygen atoms in total. The van der Waals surface area contributed by atoms with Crippen LogP contribution in [-0.2, 0) is 97.2 Å². The van der Waals surface area contributed by atoms with Gasteiger partial charge in [-0.05, 0) is 155 Å². The fourth-order valence-corrected chi connectivity index (χ4v) is 11.3. The van der Waals surface area contributed by atoms with Crippen LogP contribution in [0.4, 0.5) is 19.2 Å². The Morgan fingerprint density at radius 1 is 0.330 bits per heavy atom. The van der Waals surface area contributed by atoms with Gasteiger partial charge in [-0.2, -0.15) is 0 Å². The van der Waals surface area contributed by atoms with Gasteiger partial charge in [0.25, 0.3) is 0 Å². The number of nitrogens with zero attached hydrogens (tertiary/aromatic N) is 12. The number of alkyl carbamates (subject to hydrolysis) is 4. The lowest BCUT2D eigenvalue weighted by Gasteiger charge is -2.24. The zero-order valence-corrected chi connectivity index (χ0v) is 60.5. The Balaban J connectivity index is 1.12. The molecule has 4 N–H and O–H groups in total. The Hall–Kier alpha value is -10.3. The molecule has 0 saturated heterocycles. The van der Waals surface area contributed by atoms with Crippen molar-refractivity contribution in [3.63, 3.8) is 0 Å². The smallest absolute Gasteiger partial charge is 0.407 e. The van der Waals surface area contributed by atoms with Crippen LogP contribution in [0, 0.1) is 27.7 Å². The molecule has 8 bridgehead atoms. The second kappa shape index (κ2) is 32.1. The van der Waals surface area contributed by atoms with Gasteiger partial charge in [0.05, 0.1) is 51.0 Å². The maximum absolute atomic E-state index is 12.5. The number of nitrogens with one attached hydrogen (secondary N) is 4. The molecule has 100 heavy (non-hydrogen) atoms. The van der Waals surface area contributed by atoms with Crippen LogP contribution in [0.25, 0.3) is 0 Å². The molecule has 8 aromatic rings. The van der Waals surface area contributed by atoms with E-state index in [2.05, 4.69) is 139 Å². The molecular formula is C72H96N16O12. The molecule has 0 radical (unpaired) electrons. The van der Waals surface area contributed by atoms with Crippen LogP contribution in [0.15, 0.2) is 73.3 Å². The van der Waals surface area contributed by atoms with Crippen molar-refractivity contribution in [3.05, 3.63) is 163 Å². The maximum Gasteiger partial charge on any atom is 0.407 e. The van der Waals surface area contributed by atoms with Crippen LogP contribution in [0.1, 0.15) is 173 Å². The van der Waals surface area contributed by atoms with Gasteiger partial charge in [0.15, 0.2) is 0 Å². The number of fused-ring (bicyclic) bond motifs is 8. The summed E-state index contributed by atoms with van der Waals surface area (Å²) in [6.07, 6.45) is 6.53. The predicted octanol–water partition coefficient (Wildman–Crippen LogP) is 10.4. The first-order valence-corrected chi connectivity index (χ1v) is 33.6. The van der Waals surface area contributed by atoms with Crippen LogP contribution in [0.3, 0.4) is 0 Å². The third kappa shape index (κ3) is 22.9. The fourth-order valence-electron chi connectivity index (χ4n) is 11.3. The molecule has 1 aliphatic rings. The lowest BCUT2D eigenvalue weighted by molar-refractivity contribution is 0.0514. The van der Waals surface area contributed by atoms with E-state index in [1.165, 1.54) is 0 Å². The highest BCUT2D eigenvalue weighted by Crippen LogP contribution is 2.41. The Labute approximate surface area is 583 Å². The van der Waals surface area contributed by atoms with E-state index in [-0.39, 0.29) is 52.6 Å². The van der Waals surface area contributed by atoms with Crippen LogP contribution < -0.4 is 40.2 Å². The van der Waals surface area contributed by atoms with Gasteiger partial charge in [-0.15, -0.1) is 20.4 Å². The number of aromatic nitrogens is 12. The number of amides is 4. The number of benzene rings is 4. The van der Waals surface area contributed by atoms with Crippen LogP contribution >= 0.6 is 0 Å². The topological polar surface area (TPSA) is 313 Å². The van der Waals surface area contributed by atoms with Gasteiger partial charge in [0.2, 0.25) is 0 Å². The summed E-state index contributed by atoms with van der Waals surface area (Å²) in [5, 5.41) is 46.7. The maximum atomic E-state index is 12.5. The number of ether oxygens (including phenoxy) is 8. The van der Waals surface area contributed by atoms with Crippen molar-refractivity contribution < 1.29 is 57.1 Å². The first-order valence-electron chi connectivity index (χ1n) is 33.6. The van der Waals surface area contributed by atoms with Gasteiger partial charge >= 0.3 is 24.4 Å². The Morgan fingerprint density at radius 2 is 0.510 bits per heavy atom. The summed E-state index contributed by atoms with van der Waals surface area (Å²) in [7, 11) is 0. The van der Waals surface area contributed by atoms with Crippen molar-refractivity contribution in [3.8, 4) is 23.0 Å². The van der Waals surface area contributed by atoms with Gasteiger partial charge in [-0.1, -0.05) is 91.6 Å². The molecule has 0 spiro atoms. The first kappa shape index (κ1) is 74.0. The average Bonchev–Trinajstić information content (AvgIpc) is 1.02. The van der Waals surface area contributed by atoms with E-state index in [1.54, 1.807) is 43.5 Å². The average molecular weight is 1380 g/mol. The molecular weight excluding hydrogens is 1280 g/mol. The largest absolute Gasteiger partial charge is 0.487 e. The van der Waals surface area contributed by atoms with Crippen molar-refractivity contribution in [2.45, 2.75) is 211 Å². The number of carbonyl (C=O) groups is 4. The van der Waals surface area contributed by atoms with Crippen molar-refractivity contribution >= 4 is 24.4 Å². The first-order chi connectivity index (χ1) is 47.2.